The van der Waals surface area contributed by atoms with Crippen LogP contribution in [0.4, 0.5) is 0 Å². The molecule has 3 unspecified atom stereocenters. The molecule has 0 saturated carbocycles. The van der Waals surface area contributed by atoms with Crippen LogP contribution in [-0.2, 0) is 34.5 Å². The summed E-state index contributed by atoms with van der Waals surface area (Å²) in [5.41, 5.74) is 0.759. The zero-order chi connectivity index (χ0) is 15.1. The average molecular weight is 365 g/mol. The van der Waals surface area contributed by atoms with Crippen molar-refractivity contribution in [2.45, 2.75) is 51.2 Å². The molecule has 0 aromatic carbocycles. The van der Waals surface area contributed by atoms with Gasteiger partial charge in [0.2, 0.25) is 0 Å². The van der Waals surface area contributed by atoms with Gasteiger partial charge in [-0.2, -0.15) is 5.70 Å². The van der Waals surface area contributed by atoms with Crippen molar-refractivity contribution in [2.24, 2.45) is 0 Å². The predicted molar refractivity (Wildman–Crippen MR) is 80.6 cm³/mol. The molecular weight excluding hydrogens is 342 g/mol. The smallest absolute Gasteiger partial charge is 0.673 e. The second kappa shape index (κ2) is 11.3. The van der Waals surface area contributed by atoms with Crippen LogP contribution in [0.15, 0.2) is 23.9 Å². The minimum absolute atomic E-state index is 0. The molecule has 0 spiro atoms. The second-order valence-corrected chi connectivity index (χ2v) is 4.89. The summed E-state index contributed by atoms with van der Waals surface area (Å²) in [7, 11) is 0. The quantitative estimate of drug-likeness (QED) is 0.569. The molecule has 2 aliphatic rings. The Morgan fingerprint density at radius 3 is 2.23 bits per heavy atom. The van der Waals surface area contributed by atoms with Gasteiger partial charge in [-0.25, -0.2) is 0 Å². The van der Waals surface area contributed by atoms with Crippen molar-refractivity contribution in [1.29, 1.82) is 0 Å². The SMILES string of the molecule is CC1=CC=CC(C(=O)O)[N-]1.CC1CCCC(C(=O)O)[N-]1.[OH3+].[Zn+2]. The van der Waals surface area contributed by atoms with Gasteiger partial charge < -0.3 is 26.3 Å². The summed E-state index contributed by atoms with van der Waals surface area (Å²) >= 11 is 0. The molecule has 5 N–H and O–H groups in total. The molecule has 8 heteroatoms. The summed E-state index contributed by atoms with van der Waals surface area (Å²) in [6.07, 6.45) is 7.81. The van der Waals surface area contributed by atoms with Crippen molar-refractivity contribution in [2.75, 3.05) is 0 Å². The number of allylic oxidation sites excluding steroid dienone is 3. The van der Waals surface area contributed by atoms with Crippen molar-refractivity contribution in [1.82, 2.24) is 0 Å². The number of carboxylic acid groups (broad SMARTS) is 2. The Morgan fingerprint density at radius 1 is 1.23 bits per heavy atom. The molecule has 0 aromatic heterocycles. The van der Waals surface area contributed by atoms with Gasteiger partial charge in [0.1, 0.15) is 0 Å². The number of hydrogen-bond acceptors (Lipinski definition) is 2. The van der Waals surface area contributed by atoms with E-state index in [9.17, 15) is 9.59 Å². The predicted octanol–water partition coefficient (Wildman–Crippen LogP) is 1.75. The van der Waals surface area contributed by atoms with E-state index < -0.39 is 24.0 Å². The van der Waals surface area contributed by atoms with E-state index in [1.165, 1.54) is 0 Å². The molecule has 3 atom stereocenters. The molecule has 0 radical (unpaired) electrons. The van der Waals surface area contributed by atoms with Crippen LogP contribution in [0.1, 0.15) is 33.1 Å². The molecular formula is C14H23N2O5Zn+. The van der Waals surface area contributed by atoms with Crippen molar-refractivity contribution in [3.8, 4) is 0 Å². The van der Waals surface area contributed by atoms with Gasteiger partial charge in [-0.3, -0.25) is 9.59 Å². The zero-order valence-corrected chi connectivity index (χ0v) is 15.9. The molecule has 1 fully saturated rings. The standard InChI is InChI=1S/C7H12NO2.C7H8NO2.H2O.Zn/c2*1-5-3-2-4-6(8-5)7(9)10;;/h5-6H,2-4H2,1H3,(H,9,10);2-4,6H,1H3,(H,9,10);1H2;/q2*-1;;+2/p+1. The van der Waals surface area contributed by atoms with Gasteiger partial charge in [-0.15, -0.1) is 6.04 Å². The summed E-state index contributed by atoms with van der Waals surface area (Å²) in [5.74, 6) is -1.67. The van der Waals surface area contributed by atoms with E-state index in [0.717, 1.165) is 25.0 Å². The molecule has 22 heavy (non-hydrogen) atoms. The maximum atomic E-state index is 10.4. The first kappa shape index (κ1) is 23.0. The third-order valence-corrected chi connectivity index (χ3v) is 3.05. The van der Waals surface area contributed by atoms with E-state index >= 15 is 0 Å². The van der Waals surface area contributed by atoms with Crippen LogP contribution in [0.25, 0.3) is 10.6 Å². The van der Waals surface area contributed by atoms with Gasteiger partial charge in [0.25, 0.3) is 11.9 Å². The van der Waals surface area contributed by atoms with Crippen LogP contribution in [0, 0.1) is 0 Å². The molecule has 1 saturated heterocycles. The summed E-state index contributed by atoms with van der Waals surface area (Å²) in [4.78, 5) is 20.7. The molecule has 2 heterocycles. The van der Waals surface area contributed by atoms with Crippen LogP contribution in [0.2, 0.25) is 0 Å². The van der Waals surface area contributed by atoms with E-state index in [4.69, 9.17) is 10.2 Å². The fraction of sp³-hybridized carbons (Fsp3) is 0.571. The normalized spacial score (nSPS) is 25.9. The van der Waals surface area contributed by atoms with Crippen molar-refractivity contribution < 1.29 is 44.8 Å². The van der Waals surface area contributed by atoms with Gasteiger partial charge in [-0.1, -0.05) is 51.3 Å². The Hall–Kier alpha value is -1.24. The van der Waals surface area contributed by atoms with Gasteiger partial charge in [-0.05, 0) is 6.04 Å². The maximum absolute atomic E-state index is 10.4. The van der Waals surface area contributed by atoms with E-state index in [1.54, 1.807) is 25.2 Å². The van der Waals surface area contributed by atoms with E-state index in [2.05, 4.69) is 10.6 Å². The van der Waals surface area contributed by atoms with Crippen LogP contribution >= 0.6 is 0 Å². The van der Waals surface area contributed by atoms with Gasteiger partial charge >= 0.3 is 19.5 Å². The molecule has 0 amide bonds. The molecule has 7 nitrogen and oxygen atoms in total. The number of hydrogen-bond donors (Lipinski definition) is 2. The number of rotatable bonds is 2. The van der Waals surface area contributed by atoms with Crippen LogP contribution in [-0.4, -0.2) is 40.3 Å². The van der Waals surface area contributed by atoms with Crippen molar-refractivity contribution in [3.63, 3.8) is 0 Å². The Bertz CT molecular complexity index is 425. The Labute approximate surface area is 142 Å². The molecule has 0 aliphatic carbocycles. The number of piperidine rings is 1. The first-order chi connectivity index (χ1) is 9.40. The van der Waals surface area contributed by atoms with Crippen LogP contribution in [0.5, 0.6) is 0 Å². The third kappa shape index (κ3) is 8.27. The van der Waals surface area contributed by atoms with Gasteiger partial charge in [0, 0.05) is 6.04 Å². The fourth-order valence-electron chi connectivity index (χ4n) is 1.99. The van der Waals surface area contributed by atoms with Crippen LogP contribution in [0.3, 0.4) is 0 Å². The molecule has 2 rings (SSSR count). The average Bonchev–Trinajstić information content (AvgIpc) is 2.39. The number of nitrogens with zero attached hydrogens (tertiary/aromatic N) is 2. The second-order valence-electron chi connectivity index (χ2n) is 4.89. The minimum atomic E-state index is -0.899. The minimum Gasteiger partial charge on any atom is -0.673 e. The largest absolute Gasteiger partial charge is 2.00 e. The first-order valence-electron chi connectivity index (χ1n) is 6.61. The maximum Gasteiger partial charge on any atom is 2.00 e. The van der Waals surface area contributed by atoms with Crippen molar-refractivity contribution >= 4 is 11.9 Å². The Kier molecular flexibility index (Phi) is 11.9. The topological polar surface area (TPSA) is 136 Å². The monoisotopic (exact) mass is 363 g/mol. The van der Waals surface area contributed by atoms with E-state index in [-0.39, 0.29) is 31.0 Å². The van der Waals surface area contributed by atoms with E-state index in [0.29, 0.717) is 0 Å². The third-order valence-electron chi connectivity index (χ3n) is 3.05. The number of carbonyl (C=O) groups is 2. The van der Waals surface area contributed by atoms with Gasteiger partial charge in [0.15, 0.2) is 0 Å². The number of aliphatic carboxylic acids is 2. The summed E-state index contributed by atoms with van der Waals surface area (Å²) in [6, 6.07) is -0.858. The molecule has 2 aliphatic heterocycles. The van der Waals surface area contributed by atoms with Crippen LogP contribution < -0.4 is 0 Å². The summed E-state index contributed by atoms with van der Waals surface area (Å²) in [6.45, 7) is 3.74. The molecule has 0 aromatic rings. The summed E-state index contributed by atoms with van der Waals surface area (Å²) < 4.78 is 0. The molecule has 0 bridgehead atoms. The zero-order valence-electron chi connectivity index (χ0n) is 13.0. The Balaban J connectivity index is 0. The Morgan fingerprint density at radius 2 is 1.86 bits per heavy atom. The van der Waals surface area contributed by atoms with E-state index in [1.807, 2.05) is 6.92 Å². The first-order valence-corrected chi connectivity index (χ1v) is 6.61. The summed E-state index contributed by atoms with van der Waals surface area (Å²) in [5, 5.41) is 25.0. The fourth-order valence-corrected chi connectivity index (χ4v) is 1.99. The van der Waals surface area contributed by atoms with Gasteiger partial charge in [0.05, 0.1) is 0 Å². The molecule has 120 valence electrons. The van der Waals surface area contributed by atoms with Crippen molar-refractivity contribution in [3.05, 3.63) is 34.6 Å². The number of carboxylic acids is 2.